The lowest BCUT2D eigenvalue weighted by Gasteiger charge is -2.28. The summed E-state index contributed by atoms with van der Waals surface area (Å²) in [6, 6.07) is 14.0. The molecule has 5 nitrogen and oxygen atoms in total. The summed E-state index contributed by atoms with van der Waals surface area (Å²) < 4.78 is 36.3. The SMILES string of the molecule is CSc1nn(C[C@H]2CC[C@H](COCC(=O)O)CC2)c(-c2ccccc2)c1-c1cccc(F)c1F. The lowest BCUT2D eigenvalue weighted by Crippen LogP contribution is -2.23. The minimum atomic E-state index is -0.948. The molecule has 1 aromatic heterocycles. The molecule has 1 saturated carbocycles. The molecule has 0 atom stereocenters. The second kappa shape index (κ2) is 11.1. The van der Waals surface area contributed by atoms with Crippen LogP contribution in [0.2, 0.25) is 0 Å². The van der Waals surface area contributed by atoms with E-state index in [1.54, 1.807) is 6.07 Å². The lowest BCUT2D eigenvalue weighted by molar-refractivity contribution is -0.142. The van der Waals surface area contributed by atoms with Crippen molar-refractivity contribution >= 4 is 17.7 Å². The van der Waals surface area contributed by atoms with Crippen LogP contribution in [0, 0.1) is 23.5 Å². The number of halogens is 2. The van der Waals surface area contributed by atoms with Gasteiger partial charge in [0.2, 0.25) is 0 Å². The molecule has 1 aliphatic rings. The van der Waals surface area contributed by atoms with Crippen LogP contribution >= 0.6 is 11.8 Å². The van der Waals surface area contributed by atoms with E-state index < -0.39 is 17.6 Å². The van der Waals surface area contributed by atoms with Crippen molar-refractivity contribution in [3.05, 3.63) is 60.2 Å². The Labute approximate surface area is 202 Å². The molecule has 1 aliphatic carbocycles. The number of nitrogens with zero attached hydrogens (tertiary/aromatic N) is 2. The topological polar surface area (TPSA) is 64.4 Å². The summed E-state index contributed by atoms with van der Waals surface area (Å²) in [6.07, 6.45) is 5.78. The maximum atomic E-state index is 14.9. The second-order valence-corrected chi connectivity index (χ2v) is 9.47. The third kappa shape index (κ3) is 5.50. The van der Waals surface area contributed by atoms with Crippen molar-refractivity contribution < 1.29 is 23.4 Å². The molecule has 2 aromatic carbocycles. The average Bonchev–Trinajstić information content (AvgIpc) is 3.20. The Balaban J connectivity index is 1.62. The minimum Gasteiger partial charge on any atom is -0.480 e. The zero-order valence-corrected chi connectivity index (χ0v) is 19.9. The molecular weight excluding hydrogens is 458 g/mol. The van der Waals surface area contributed by atoms with E-state index in [0.717, 1.165) is 43.0 Å². The van der Waals surface area contributed by atoms with Crippen LogP contribution in [0.25, 0.3) is 22.4 Å². The standard InChI is InChI=1S/C26H28F2N2O3S/c1-34-26-23(20-8-5-9-21(27)24(20)28)25(19-6-3-2-4-7-19)30(29-26)14-17-10-12-18(13-11-17)15-33-16-22(31)32/h2-9,17-18H,10-16H2,1H3,(H,31,32)/t17-,18-. The Morgan fingerprint density at radius 3 is 2.47 bits per heavy atom. The van der Waals surface area contributed by atoms with Crippen LogP contribution in [0.4, 0.5) is 8.78 Å². The molecule has 34 heavy (non-hydrogen) atoms. The number of aromatic nitrogens is 2. The van der Waals surface area contributed by atoms with E-state index in [4.69, 9.17) is 14.9 Å². The van der Waals surface area contributed by atoms with Crippen LogP contribution in [0.5, 0.6) is 0 Å². The van der Waals surface area contributed by atoms with Crippen LogP contribution in [-0.2, 0) is 16.1 Å². The van der Waals surface area contributed by atoms with Crippen LogP contribution in [0.15, 0.2) is 53.6 Å². The van der Waals surface area contributed by atoms with Crippen molar-refractivity contribution in [1.29, 1.82) is 0 Å². The number of hydrogen-bond donors (Lipinski definition) is 1. The first-order valence-corrected chi connectivity index (χ1v) is 12.6. The highest BCUT2D eigenvalue weighted by Crippen LogP contribution is 2.41. The largest absolute Gasteiger partial charge is 0.480 e. The fourth-order valence-electron chi connectivity index (χ4n) is 4.68. The minimum absolute atomic E-state index is 0.216. The van der Waals surface area contributed by atoms with E-state index in [1.165, 1.54) is 17.8 Å². The summed E-state index contributed by atoms with van der Waals surface area (Å²) in [7, 11) is 0. The van der Waals surface area contributed by atoms with Gasteiger partial charge < -0.3 is 9.84 Å². The molecule has 1 heterocycles. The first kappa shape index (κ1) is 24.4. The first-order chi connectivity index (χ1) is 16.5. The highest BCUT2D eigenvalue weighted by Gasteiger charge is 2.27. The van der Waals surface area contributed by atoms with Crippen molar-refractivity contribution in [2.45, 2.75) is 37.3 Å². The molecule has 0 unspecified atom stereocenters. The molecule has 0 spiro atoms. The fraction of sp³-hybridized carbons (Fsp3) is 0.385. The van der Waals surface area contributed by atoms with Crippen LogP contribution in [0.1, 0.15) is 25.7 Å². The fourth-order valence-corrected chi connectivity index (χ4v) is 5.27. The molecular formula is C26H28F2N2O3S. The number of hydrogen-bond acceptors (Lipinski definition) is 4. The van der Waals surface area contributed by atoms with E-state index >= 15 is 0 Å². The predicted octanol–water partition coefficient (Wildman–Crippen LogP) is 6.12. The van der Waals surface area contributed by atoms with Gasteiger partial charge in [-0.3, -0.25) is 4.68 Å². The normalized spacial score (nSPS) is 18.2. The summed E-state index contributed by atoms with van der Waals surface area (Å²) in [5.74, 6) is -1.94. The van der Waals surface area contributed by atoms with E-state index in [2.05, 4.69) is 0 Å². The van der Waals surface area contributed by atoms with Gasteiger partial charge in [-0.25, -0.2) is 13.6 Å². The lowest BCUT2D eigenvalue weighted by atomic mass is 9.82. The summed E-state index contributed by atoms with van der Waals surface area (Å²) in [6.45, 7) is 0.887. The number of thioether (sulfide) groups is 1. The maximum Gasteiger partial charge on any atom is 0.329 e. The Hall–Kier alpha value is -2.71. The monoisotopic (exact) mass is 486 g/mol. The van der Waals surface area contributed by atoms with E-state index in [0.29, 0.717) is 35.6 Å². The molecule has 0 amide bonds. The number of carboxylic acid groups (broad SMARTS) is 1. The number of carbonyl (C=O) groups is 1. The van der Waals surface area contributed by atoms with Gasteiger partial charge in [-0.15, -0.1) is 11.8 Å². The van der Waals surface area contributed by atoms with Crippen molar-refractivity contribution in [3.63, 3.8) is 0 Å². The molecule has 0 radical (unpaired) electrons. The van der Waals surface area contributed by atoms with E-state index in [-0.39, 0.29) is 12.2 Å². The first-order valence-electron chi connectivity index (χ1n) is 11.4. The van der Waals surface area contributed by atoms with Crippen molar-refractivity contribution in [1.82, 2.24) is 9.78 Å². The maximum absolute atomic E-state index is 14.9. The third-order valence-electron chi connectivity index (χ3n) is 6.36. The van der Waals surface area contributed by atoms with E-state index in [9.17, 15) is 13.6 Å². The summed E-state index contributed by atoms with van der Waals surface area (Å²) in [5.41, 5.74) is 2.53. The van der Waals surface area contributed by atoms with Gasteiger partial charge in [-0.1, -0.05) is 42.5 Å². The van der Waals surface area contributed by atoms with Crippen molar-refractivity contribution in [2.75, 3.05) is 19.5 Å². The number of rotatable bonds is 9. The van der Waals surface area contributed by atoms with Crippen LogP contribution in [-0.4, -0.2) is 40.3 Å². The molecule has 180 valence electrons. The van der Waals surface area contributed by atoms with Crippen LogP contribution < -0.4 is 0 Å². The van der Waals surface area contributed by atoms with Gasteiger partial charge in [0.1, 0.15) is 11.6 Å². The third-order valence-corrected chi connectivity index (χ3v) is 7.03. The highest BCUT2D eigenvalue weighted by atomic mass is 32.2. The van der Waals surface area contributed by atoms with Gasteiger partial charge in [-0.2, -0.15) is 5.10 Å². The highest BCUT2D eigenvalue weighted by molar-refractivity contribution is 7.98. The average molecular weight is 487 g/mol. The Morgan fingerprint density at radius 1 is 1.09 bits per heavy atom. The second-order valence-electron chi connectivity index (χ2n) is 8.68. The Bertz CT molecular complexity index is 1130. The number of aliphatic carboxylic acids is 1. The van der Waals surface area contributed by atoms with Crippen LogP contribution in [0.3, 0.4) is 0 Å². The van der Waals surface area contributed by atoms with Gasteiger partial charge in [0.15, 0.2) is 11.6 Å². The zero-order chi connectivity index (χ0) is 24.1. The van der Waals surface area contributed by atoms with Crippen molar-refractivity contribution in [3.8, 4) is 22.4 Å². The summed E-state index contributed by atoms with van der Waals surface area (Å²) in [5, 5.41) is 14.2. The number of ether oxygens (including phenoxy) is 1. The molecule has 8 heteroatoms. The predicted molar refractivity (Wildman–Crippen MR) is 129 cm³/mol. The zero-order valence-electron chi connectivity index (χ0n) is 19.0. The molecule has 4 rings (SSSR count). The Morgan fingerprint density at radius 2 is 1.79 bits per heavy atom. The summed E-state index contributed by atoms with van der Waals surface area (Å²) >= 11 is 1.42. The smallest absolute Gasteiger partial charge is 0.329 e. The van der Waals surface area contributed by atoms with Gasteiger partial charge in [0, 0.05) is 23.2 Å². The van der Waals surface area contributed by atoms with Gasteiger partial charge in [-0.05, 0) is 49.8 Å². The molecule has 1 fully saturated rings. The number of benzene rings is 2. The molecule has 0 bridgehead atoms. The number of carboxylic acids is 1. The van der Waals surface area contributed by atoms with E-state index in [1.807, 2.05) is 41.3 Å². The summed E-state index contributed by atoms with van der Waals surface area (Å²) in [4.78, 5) is 10.7. The molecule has 1 N–H and O–H groups in total. The Kier molecular flexibility index (Phi) is 8.00. The molecule has 0 saturated heterocycles. The van der Waals surface area contributed by atoms with Crippen molar-refractivity contribution in [2.24, 2.45) is 11.8 Å². The quantitative estimate of drug-likeness (QED) is 0.369. The van der Waals surface area contributed by atoms with Gasteiger partial charge in [0.25, 0.3) is 0 Å². The molecule has 0 aliphatic heterocycles. The van der Waals surface area contributed by atoms with Gasteiger partial charge >= 0.3 is 5.97 Å². The molecule has 3 aromatic rings. The van der Waals surface area contributed by atoms with Gasteiger partial charge in [0.05, 0.1) is 12.3 Å².